The van der Waals surface area contributed by atoms with Crippen LogP contribution in [0.5, 0.6) is 0 Å². The predicted molar refractivity (Wildman–Crippen MR) is 118 cm³/mol. The van der Waals surface area contributed by atoms with Gasteiger partial charge in [0.05, 0.1) is 22.9 Å². The van der Waals surface area contributed by atoms with Gasteiger partial charge in [0.25, 0.3) is 5.91 Å². The number of amides is 2. The number of anilines is 1. The minimum Gasteiger partial charge on any atom is -0.339 e. The van der Waals surface area contributed by atoms with Gasteiger partial charge < -0.3 is 10.2 Å². The van der Waals surface area contributed by atoms with Crippen molar-refractivity contribution in [3.8, 4) is 0 Å². The number of aromatic nitrogens is 4. The molecule has 0 aliphatic carbocycles. The summed E-state index contributed by atoms with van der Waals surface area (Å²) in [5.41, 5.74) is 2.73. The van der Waals surface area contributed by atoms with Gasteiger partial charge >= 0.3 is 5.69 Å². The van der Waals surface area contributed by atoms with Crippen LogP contribution in [-0.4, -0.2) is 48.7 Å². The molecule has 0 radical (unpaired) electrons. The molecule has 3 aromatic rings. The van der Waals surface area contributed by atoms with Gasteiger partial charge in [0.2, 0.25) is 5.91 Å². The normalized spacial score (nSPS) is 14.9. The molecule has 0 saturated carbocycles. The highest BCUT2D eigenvalue weighted by molar-refractivity contribution is 5.97. The lowest BCUT2D eigenvalue weighted by Gasteiger charge is -2.31. The van der Waals surface area contributed by atoms with Gasteiger partial charge in [-0.05, 0) is 43.9 Å². The highest BCUT2D eigenvalue weighted by Gasteiger charge is 2.25. The molecule has 1 N–H and O–H groups in total. The Morgan fingerprint density at radius 2 is 1.84 bits per heavy atom. The standard InChI is InChI=1S/C22H28N6O3/c1-4-28-14-17(13-23-28)24-20(29)11-15-7-9-27(10-8-15)21(30)16-5-6-18-19(12-16)26(3)22(31)25(18)2/h5-6,12-15H,4,7-11H2,1-3H3,(H,24,29). The second-order valence-corrected chi connectivity index (χ2v) is 8.18. The molecule has 4 rings (SSSR count). The summed E-state index contributed by atoms with van der Waals surface area (Å²) in [6.07, 6.45) is 5.50. The van der Waals surface area contributed by atoms with Crippen molar-refractivity contribution in [1.82, 2.24) is 23.8 Å². The highest BCUT2D eigenvalue weighted by atomic mass is 16.2. The number of benzene rings is 1. The monoisotopic (exact) mass is 424 g/mol. The van der Waals surface area contributed by atoms with Crippen LogP contribution in [0.3, 0.4) is 0 Å². The van der Waals surface area contributed by atoms with E-state index in [0.29, 0.717) is 30.8 Å². The largest absolute Gasteiger partial charge is 0.339 e. The van der Waals surface area contributed by atoms with Crippen molar-refractivity contribution in [2.45, 2.75) is 32.7 Å². The van der Waals surface area contributed by atoms with Gasteiger partial charge in [-0.15, -0.1) is 0 Å². The van der Waals surface area contributed by atoms with E-state index in [2.05, 4.69) is 10.4 Å². The third-order valence-electron chi connectivity index (χ3n) is 6.14. The van der Waals surface area contributed by atoms with Crippen LogP contribution in [0.15, 0.2) is 35.4 Å². The van der Waals surface area contributed by atoms with Crippen molar-refractivity contribution >= 4 is 28.5 Å². The quantitative estimate of drug-likeness (QED) is 0.678. The molecule has 31 heavy (non-hydrogen) atoms. The van der Waals surface area contributed by atoms with E-state index < -0.39 is 0 Å². The number of carbonyl (C=O) groups excluding carboxylic acids is 2. The Morgan fingerprint density at radius 1 is 1.13 bits per heavy atom. The minimum atomic E-state index is -0.110. The number of likely N-dealkylation sites (tertiary alicyclic amines) is 1. The Balaban J connectivity index is 1.34. The van der Waals surface area contributed by atoms with Gasteiger partial charge in [0.1, 0.15) is 0 Å². The first kappa shape index (κ1) is 20.9. The number of carbonyl (C=O) groups is 2. The SMILES string of the molecule is CCn1cc(NC(=O)CC2CCN(C(=O)c3ccc4c(c3)n(C)c(=O)n4C)CC2)cn1. The molecule has 0 bridgehead atoms. The summed E-state index contributed by atoms with van der Waals surface area (Å²) in [6.45, 7) is 4.00. The molecule has 2 aromatic heterocycles. The topological polar surface area (TPSA) is 94.2 Å². The van der Waals surface area contributed by atoms with Crippen LogP contribution in [-0.2, 0) is 25.4 Å². The Hall–Kier alpha value is -3.36. The van der Waals surface area contributed by atoms with E-state index in [1.807, 2.05) is 24.1 Å². The molecule has 1 aliphatic rings. The summed E-state index contributed by atoms with van der Waals surface area (Å²) < 4.78 is 4.90. The summed E-state index contributed by atoms with van der Waals surface area (Å²) >= 11 is 0. The molecule has 1 saturated heterocycles. The van der Waals surface area contributed by atoms with Crippen LogP contribution in [0.4, 0.5) is 5.69 Å². The maximum absolute atomic E-state index is 13.0. The van der Waals surface area contributed by atoms with E-state index in [-0.39, 0.29) is 23.4 Å². The Kier molecular flexibility index (Phi) is 5.67. The number of hydrogen-bond donors (Lipinski definition) is 1. The summed E-state index contributed by atoms with van der Waals surface area (Å²) in [5, 5.41) is 7.06. The third kappa shape index (κ3) is 4.12. The van der Waals surface area contributed by atoms with Crippen molar-refractivity contribution in [3.05, 3.63) is 46.6 Å². The smallest absolute Gasteiger partial charge is 0.328 e. The van der Waals surface area contributed by atoms with Crippen LogP contribution in [0.25, 0.3) is 11.0 Å². The maximum Gasteiger partial charge on any atom is 0.328 e. The van der Waals surface area contributed by atoms with E-state index in [4.69, 9.17) is 0 Å². The number of imidazole rings is 1. The first-order valence-corrected chi connectivity index (χ1v) is 10.6. The minimum absolute atomic E-state index is 0.0177. The van der Waals surface area contributed by atoms with Crippen molar-refractivity contribution in [1.29, 1.82) is 0 Å². The predicted octanol–water partition coefficient (Wildman–Crippen LogP) is 1.97. The van der Waals surface area contributed by atoms with Crippen molar-refractivity contribution in [3.63, 3.8) is 0 Å². The summed E-state index contributed by atoms with van der Waals surface area (Å²) in [4.78, 5) is 39.3. The second kappa shape index (κ2) is 8.41. The lowest BCUT2D eigenvalue weighted by Crippen LogP contribution is -2.39. The van der Waals surface area contributed by atoms with Gasteiger partial charge in [-0.25, -0.2) is 4.79 Å². The number of rotatable bonds is 5. The molecular formula is C22H28N6O3. The van der Waals surface area contributed by atoms with Crippen LogP contribution in [0.2, 0.25) is 0 Å². The van der Waals surface area contributed by atoms with Gasteiger partial charge in [0.15, 0.2) is 0 Å². The molecule has 0 unspecified atom stereocenters. The molecule has 9 nitrogen and oxygen atoms in total. The zero-order chi connectivity index (χ0) is 22.1. The molecule has 1 aromatic carbocycles. The first-order chi connectivity index (χ1) is 14.9. The van der Waals surface area contributed by atoms with Crippen LogP contribution >= 0.6 is 0 Å². The van der Waals surface area contributed by atoms with Crippen LogP contribution in [0.1, 0.15) is 36.5 Å². The molecular weight excluding hydrogens is 396 g/mol. The van der Waals surface area contributed by atoms with Crippen LogP contribution < -0.4 is 11.0 Å². The van der Waals surface area contributed by atoms with Crippen LogP contribution in [0, 0.1) is 5.92 Å². The number of fused-ring (bicyclic) bond motifs is 1. The van der Waals surface area contributed by atoms with E-state index in [1.165, 1.54) is 0 Å². The average molecular weight is 425 g/mol. The summed E-state index contributed by atoms with van der Waals surface area (Å²) in [7, 11) is 3.44. The van der Waals surface area contributed by atoms with Crippen molar-refractivity contribution in [2.75, 3.05) is 18.4 Å². The van der Waals surface area contributed by atoms with Gasteiger partial charge in [-0.2, -0.15) is 5.10 Å². The molecule has 1 aliphatic heterocycles. The Labute approximate surface area is 180 Å². The number of nitrogens with zero attached hydrogens (tertiary/aromatic N) is 5. The fourth-order valence-electron chi connectivity index (χ4n) is 4.24. The average Bonchev–Trinajstić information content (AvgIpc) is 3.32. The summed E-state index contributed by atoms with van der Waals surface area (Å²) in [5.74, 6) is 0.201. The number of aryl methyl sites for hydroxylation is 3. The fourth-order valence-corrected chi connectivity index (χ4v) is 4.24. The summed E-state index contributed by atoms with van der Waals surface area (Å²) in [6, 6.07) is 5.39. The molecule has 0 spiro atoms. The fraction of sp³-hybridized carbons (Fsp3) is 0.455. The lowest BCUT2D eigenvalue weighted by molar-refractivity contribution is -0.117. The van der Waals surface area contributed by atoms with E-state index in [9.17, 15) is 14.4 Å². The second-order valence-electron chi connectivity index (χ2n) is 8.18. The molecule has 2 amide bonds. The number of nitrogens with one attached hydrogen (secondary N) is 1. The molecule has 1 fully saturated rings. The lowest BCUT2D eigenvalue weighted by atomic mass is 9.93. The van der Waals surface area contributed by atoms with E-state index >= 15 is 0 Å². The zero-order valence-corrected chi connectivity index (χ0v) is 18.2. The Bertz CT molecular complexity index is 1180. The van der Waals surface area contributed by atoms with Gasteiger partial charge in [-0.3, -0.25) is 23.4 Å². The maximum atomic E-state index is 13.0. The Morgan fingerprint density at radius 3 is 2.52 bits per heavy atom. The van der Waals surface area contributed by atoms with Gasteiger partial charge in [0, 0.05) is 51.9 Å². The van der Waals surface area contributed by atoms with Crippen molar-refractivity contribution in [2.24, 2.45) is 20.0 Å². The molecule has 164 valence electrons. The molecule has 3 heterocycles. The molecule has 0 atom stereocenters. The zero-order valence-electron chi connectivity index (χ0n) is 18.2. The van der Waals surface area contributed by atoms with Gasteiger partial charge in [-0.1, -0.05) is 0 Å². The number of piperidine rings is 1. The molecule has 9 heteroatoms. The van der Waals surface area contributed by atoms with E-state index in [1.54, 1.807) is 46.2 Å². The van der Waals surface area contributed by atoms with E-state index in [0.717, 1.165) is 30.4 Å². The number of hydrogen-bond acceptors (Lipinski definition) is 4. The first-order valence-electron chi connectivity index (χ1n) is 10.6. The van der Waals surface area contributed by atoms with Crippen molar-refractivity contribution < 1.29 is 9.59 Å². The third-order valence-corrected chi connectivity index (χ3v) is 6.14. The highest BCUT2D eigenvalue weighted by Crippen LogP contribution is 2.23.